The van der Waals surface area contributed by atoms with Crippen molar-refractivity contribution < 1.29 is 17.9 Å². The lowest BCUT2D eigenvalue weighted by Gasteiger charge is -2.14. The van der Waals surface area contributed by atoms with Crippen LogP contribution >= 0.6 is 11.6 Å². The van der Waals surface area contributed by atoms with Crippen molar-refractivity contribution in [3.63, 3.8) is 0 Å². The Bertz CT molecular complexity index is 819. The fraction of sp³-hybridized carbons (Fsp3) is 0.316. The van der Waals surface area contributed by atoms with Crippen LogP contribution < -0.4 is 4.74 Å². The Kier molecular flexibility index (Phi) is 6.18. The third-order valence-corrected chi connectivity index (χ3v) is 4.19. The maximum Gasteiger partial charge on any atom is 0.417 e. The first-order chi connectivity index (χ1) is 12.1. The zero-order chi connectivity index (χ0) is 19.5. The molecular weight excluding hydrogens is 365 g/mol. The van der Waals surface area contributed by atoms with Crippen LogP contribution in [0.1, 0.15) is 23.6 Å². The van der Waals surface area contributed by atoms with Crippen molar-refractivity contribution in [3.05, 3.63) is 52.0 Å². The number of rotatable bonds is 5. The normalized spacial score (nSPS) is 11.8. The molecule has 0 atom stereocenters. The third kappa shape index (κ3) is 4.91. The van der Waals surface area contributed by atoms with Gasteiger partial charge in [-0.15, -0.1) is 0 Å². The van der Waals surface area contributed by atoms with Gasteiger partial charge in [0.1, 0.15) is 11.5 Å². The zero-order valence-corrected chi connectivity index (χ0v) is 15.7. The molecule has 0 aliphatic heterocycles. The number of aryl methyl sites for hydroxylation is 2. The van der Waals surface area contributed by atoms with Gasteiger partial charge in [-0.2, -0.15) is 13.2 Å². The summed E-state index contributed by atoms with van der Waals surface area (Å²) >= 11 is 5.64. The Hall–Kier alpha value is -2.21. The smallest absolute Gasteiger partial charge is 0.417 e. The molecule has 140 valence electrons. The first kappa shape index (κ1) is 20.1. The summed E-state index contributed by atoms with van der Waals surface area (Å²) in [4.78, 5) is 6.36. The number of hydrogen-bond acceptors (Lipinski definition) is 2. The SMILES string of the molecule is CCN(C)C=Nc1cc(C)c(Oc2ccc(Cl)c(C(F)(F)F)c2)cc1C. The van der Waals surface area contributed by atoms with Gasteiger partial charge in [0.15, 0.2) is 0 Å². The molecule has 2 aromatic carbocycles. The topological polar surface area (TPSA) is 24.8 Å². The molecule has 3 nitrogen and oxygen atoms in total. The maximum absolute atomic E-state index is 13.0. The van der Waals surface area contributed by atoms with Crippen molar-refractivity contribution in [1.29, 1.82) is 0 Å². The van der Waals surface area contributed by atoms with Gasteiger partial charge < -0.3 is 9.64 Å². The second-order valence-electron chi connectivity index (χ2n) is 5.96. The van der Waals surface area contributed by atoms with Crippen molar-refractivity contribution in [1.82, 2.24) is 4.90 Å². The molecule has 0 aliphatic rings. The number of alkyl halides is 3. The fourth-order valence-corrected chi connectivity index (χ4v) is 2.40. The Morgan fingerprint density at radius 2 is 1.85 bits per heavy atom. The van der Waals surface area contributed by atoms with Gasteiger partial charge in [0.25, 0.3) is 0 Å². The van der Waals surface area contributed by atoms with E-state index in [1.54, 1.807) is 12.4 Å². The number of benzene rings is 2. The van der Waals surface area contributed by atoms with Crippen molar-refractivity contribution in [2.45, 2.75) is 26.9 Å². The molecule has 26 heavy (non-hydrogen) atoms. The number of ether oxygens (including phenoxy) is 1. The number of nitrogens with zero attached hydrogens (tertiary/aromatic N) is 2. The molecule has 0 aliphatic carbocycles. The van der Waals surface area contributed by atoms with Crippen LogP contribution in [0.4, 0.5) is 18.9 Å². The van der Waals surface area contributed by atoms with Crippen LogP contribution in [-0.2, 0) is 6.18 Å². The van der Waals surface area contributed by atoms with Gasteiger partial charge >= 0.3 is 6.18 Å². The summed E-state index contributed by atoms with van der Waals surface area (Å²) in [7, 11) is 1.92. The Balaban J connectivity index is 2.31. The average molecular weight is 385 g/mol. The second kappa shape index (κ2) is 7.99. The molecule has 0 N–H and O–H groups in total. The number of halogens is 4. The first-order valence-electron chi connectivity index (χ1n) is 8.02. The van der Waals surface area contributed by atoms with E-state index in [0.717, 1.165) is 29.4 Å². The van der Waals surface area contributed by atoms with Crippen LogP contribution in [-0.4, -0.2) is 24.8 Å². The van der Waals surface area contributed by atoms with Gasteiger partial charge in [-0.3, -0.25) is 0 Å². The summed E-state index contributed by atoms with van der Waals surface area (Å²) in [6.45, 7) is 6.54. The molecule has 2 rings (SSSR count). The molecule has 0 saturated carbocycles. The Labute approximate surface area is 156 Å². The lowest BCUT2D eigenvalue weighted by atomic mass is 10.1. The molecule has 0 radical (unpaired) electrons. The van der Waals surface area contributed by atoms with E-state index in [-0.39, 0.29) is 10.8 Å². The van der Waals surface area contributed by atoms with Crippen LogP contribution in [0.2, 0.25) is 5.02 Å². The maximum atomic E-state index is 13.0. The van der Waals surface area contributed by atoms with E-state index in [9.17, 15) is 13.2 Å². The van der Waals surface area contributed by atoms with E-state index in [1.807, 2.05) is 38.8 Å². The van der Waals surface area contributed by atoms with Gasteiger partial charge in [-0.05, 0) is 62.2 Å². The summed E-state index contributed by atoms with van der Waals surface area (Å²) < 4.78 is 44.6. The summed E-state index contributed by atoms with van der Waals surface area (Å²) in [6, 6.07) is 7.09. The molecular formula is C19H20ClF3N2O. The molecule has 0 spiro atoms. The summed E-state index contributed by atoms with van der Waals surface area (Å²) in [6.07, 6.45) is -2.80. The Morgan fingerprint density at radius 1 is 1.15 bits per heavy atom. The molecule has 0 saturated heterocycles. The lowest BCUT2D eigenvalue weighted by molar-refractivity contribution is -0.137. The van der Waals surface area contributed by atoms with Crippen LogP contribution in [0.15, 0.2) is 35.3 Å². The van der Waals surface area contributed by atoms with Gasteiger partial charge in [-0.1, -0.05) is 11.6 Å². The minimum atomic E-state index is -4.54. The van der Waals surface area contributed by atoms with Crippen LogP contribution in [0.25, 0.3) is 0 Å². The molecule has 7 heteroatoms. The molecule has 0 heterocycles. The van der Waals surface area contributed by atoms with Crippen molar-refractivity contribution >= 4 is 23.6 Å². The largest absolute Gasteiger partial charge is 0.457 e. The van der Waals surface area contributed by atoms with Crippen LogP contribution in [0.3, 0.4) is 0 Å². The highest BCUT2D eigenvalue weighted by Crippen LogP contribution is 2.38. The fourth-order valence-electron chi connectivity index (χ4n) is 2.18. The van der Waals surface area contributed by atoms with Crippen LogP contribution in [0.5, 0.6) is 11.5 Å². The van der Waals surface area contributed by atoms with Gasteiger partial charge in [-0.25, -0.2) is 4.99 Å². The number of aliphatic imine (C=N–C) groups is 1. The van der Waals surface area contributed by atoms with E-state index >= 15 is 0 Å². The van der Waals surface area contributed by atoms with Gasteiger partial charge in [0.2, 0.25) is 0 Å². The monoisotopic (exact) mass is 384 g/mol. The quantitative estimate of drug-likeness (QED) is 0.441. The second-order valence-corrected chi connectivity index (χ2v) is 6.37. The highest BCUT2D eigenvalue weighted by Gasteiger charge is 2.33. The van der Waals surface area contributed by atoms with E-state index in [0.29, 0.717) is 5.75 Å². The van der Waals surface area contributed by atoms with E-state index in [4.69, 9.17) is 16.3 Å². The highest BCUT2D eigenvalue weighted by atomic mass is 35.5. The molecule has 0 fully saturated rings. The molecule has 0 aromatic heterocycles. The highest BCUT2D eigenvalue weighted by molar-refractivity contribution is 6.31. The first-order valence-corrected chi connectivity index (χ1v) is 8.40. The predicted octanol–water partition coefficient (Wildman–Crippen LogP) is 6.38. The lowest BCUT2D eigenvalue weighted by Crippen LogP contribution is -2.14. The molecule has 0 bridgehead atoms. The predicted molar refractivity (Wildman–Crippen MR) is 98.9 cm³/mol. The standard InChI is InChI=1S/C19H20ClF3N2O/c1-5-25(4)11-24-17-8-13(3)18(9-12(17)2)26-14-6-7-16(20)15(10-14)19(21,22)23/h6-11H,5H2,1-4H3. The average Bonchev–Trinajstić information content (AvgIpc) is 2.56. The molecule has 0 unspecified atom stereocenters. The van der Waals surface area contributed by atoms with E-state index in [1.165, 1.54) is 12.1 Å². The van der Waals surface area contributed by atoms with Crippen molar-refractivity contribution in [2.75, 3.05) is 13.6 Å². The Morgan fingerprint density at radius 3 is 2.46 bits per heavy atom. The summed E-state index contributed by atoms with van der Waals surface area (Å²) in [5.74, 6) is 0.548. The van der Waals surface area contributed by atoms with Crippen LogP contribution in [0, 0.1) is 13.8 Å². The van der Waals surface area contributed by atoms with Gasteiger partial charge in [0.05, 0.1) is 22.6 Å². The minimum Gasteiger partial charge on any atom is -0.457 e. The summed E-state index contributed by atoms with van der Waals surface area (Å²) in [5, 5.41) is -0.359. The molecule has 0 amide bonds. The number of hydrogen-bond donors (Lipinski definition) is 0. The van der Waals surface area contributed by atoms with Crippen molar-refractivity contribution in [2.24, 2.45) is 4.99 Å². The molecule has 2 aromatic rings. The van der Waals surface area contributed by atoms with Crippen molar-refractivity contribution in [3.8, 4) is 11.5 Å². The van der Waals surface area contributed by atoms with E-state index in [2.05, 4.69) is 4.99 Å². The zero-order valence-electron chi connectivity index (χ0n) is 15.0. The third-order valence-electron chi connectivity index (χ3n) is 3.86. The van der Waals surface area contributed by atoms with E-state index < -0.39 is 11.7 Å². The minimum absolute atomic E-state index is 0.0752. The van der Waals surface area contributed by atoms with Gasteiger partial charge in [0, 0.05) is 13.6 Å². The summed E-state index contributed by atoms with van der Waals surface area (Å²) in [5.41, 5.74) is 1.49.